The fraction of sp³-hybridized carbons (Fsp3) is 0. The van der Waals surface area contributed by atoms with Crippen molar-refractivity contribution in [3.63, 3.8) is 0 Å². The van der Waals surface area contributed by atoms with Crippen molar-refractivity contribution in [2.24, 2.45) is 0 Å². The van der Waals surface area contributed by atoms with Crippen LogP contribution in [0.4, 0.5) is 5.69 Å². The number of benzene rings is 1. The Morgan fingerprint density at radius 3 is 2.25 bits per heavy atom. The zero-order valence-corrected chi connectivity index (χ0v) is 10.0. The molecular formula is C13H6N6O. The maximum absolute atomic E-state index is 8.92. The third-order valence-corrected chi connectivity index (χ3v) is 2.35. The van der Waals surface area contributed by atoms with E-state index in [1.54, 1.807) is 42.5 Å². The van der Waals surface area contributed by atoms with E-state index in [2.05, 4.69) is 15.5 Å². The number of nitriles is 3. The quantitative estimate of drug-likeness (QED) is 0.838. The molecular weight excluding hydrogens is 256 g/mol. The van der Waals surface area contributed by atoms with Gasteiger partial charge in [-0.1, -0.05) is 0 Å². The molecule has 7 heteroatoms. The van der Waals surface area contributed by atoms with E-state index in [9.17, 15) is 0 Å². The number of hydrogen-bond donors (Lipinski definition) is 1. The molecule has 1 N–H and O–H groups in total. The van der Waals surface area contributed by atoms with Crippen LogP contribution in [-0.4, -0.2) is 10.2 Å². The lowest BCUT2D eigenvalue weighted by Gasteiger charge is -2.04. The van der Waals surface area contributed by atoms with Crippen LogP contribution in [0.1, 0.15) is 0 Å². The molecule has 0 saturated heterocycles. The van der Waals surface area contributed by atoms with Gasteiger partial charge in [0.25, 0.3) is 0 Å². The van der Waals surface area contributed by atoms with Gasteiger partial charge in [-0.3, -0.25) is 0 Å². The van der Waals surface area contributed by atoms with Crippen LogP contribution < -0.4 is 5.32 Å². The molecule has 20 heavy (non-hydrogen) atoms. The van der Waals surface area contributed by atoms with Crippen LogP contribution in [0.25, 0.3) is 11.5 Å². The topological polar surface area (TPSA) is 122 Å². The Labute approximate surface area is 114 Å². The summed E-state index contributed by atoms with van der Waals surface area (Å²) in [6.45, 7) is 0. The predicted molar refractivity (Wildman–Crippen MR) is 67.2 cm³/mol. The van der Waals surface area contributed by atoms with Gasteiger partial charge in [-0.05, 0) is 24.3 Å². The third-order valence-electron chi connectivity index (χ3n) is 2.35. The summed E-state index contributed by atoms with van der Waals surface area (Å²) in [5.41, 5.74) is 0.915. The highest BCUT2D eigenvalue weighted by Gasteiger charge is 2.07. The first-order chi connectivity index (χ1) is 9.78. The largest absolute Gasteiger partial charge is 0.423 e. The summed E-state index contributed by atoms with van der Waals surface area (Å²) in [5, 5.41) is 36.4. The highest BCUT2D eigenvalue weighted by atomic mass is 16.4. The van der Waals surface area contributed by atoms with E-state index in [0.717, 1.165) is 5.56 Å². The Hall–Kier alpha value is -3.63. The molecule has 0 fully saturated rings. The van der Waals surface area contributed by atoms with E-state index in [0.29, 0.717) is 11.6 Å². The van der Waals surface area contributed by atoms with Gasteiger partial charge in [0, 0.05) is 11.3 Å². The minimum Gasteiger partial charge on any atom is -0.423 e. The van der Waals surface area contributed by atoms with Gasteiger partial charge in [-0.25, -0.2) is 0 Å². The van der Waals surface area contributed by atoms with Crippen molar-refractivity contribution in [1.29, 1.82) is 15.8 Å². The number of rotatable bonds is 3. The fourth-order valence-electron chi connectivity index (χ4n) is 1.42. The summed E-state index contributed by atoms with van der Waals surface area (Å²) in [6, 6.07) is 11.9. The molecule has 0 aliphatic heterocycles. The molecule has 0 spiro atoms. The normalized spacial score (nSPS) is 8.85. The van der Waals surface area contributed by atoms with Crippen molar-refractivity contribution in [3.8, 4) is 29.7 Å². The second kappa shape index (κ2) is 5.81. The number of nitrogens with one attached hydrogen (secondary N) is 1. The molecule has 2 rings (SSSR count). The van der Waals surface area contributed by atoms with Crippen molar-refractivity contribution in [2.45, 2.75) is 0 Å². The lowest BCUT2D eigenvalue weighted by atomic mass is 10.2. The first kappa shape index (κ1) is 12.8. The number of hydrogen-bond acceptors (Lipinski definition) is 7. The predicted octanol–water partition coefficient (Wildman–Crippen LogP) is 1.97. The second-order valence-corrected chi connectivity index (χ2v) is 3.53. The lowest BCUT2D eigenvalue weighted by molar-refractivity contribution is 0.568. The zero-order valence-electron chi connectivity index (χ0n) is 10.0. The van der Waals surface area contributed by atoms with E-state index < -0.39 is 0 Å². The Morgan fingerprint density at radius 2 is 1.75 bits per heavy atom. The van der Waals surface area contributed by atoms with E-state index >= 15 is 0 Å². The van der Waals surface area contributed by atoms with Gasteiger partial charge in [0.15, 0.2) is 5.57 Å². The average molecular weight is 262 g/mol. The van der Waals surface area contributed by atoms with Crippen molar-refractivity contribution < 1.29 is 4.42 Å². The number of allylic oxidation sites excluding steroid dienone is 2. The summed E-state index contributed by atoms with van der Waals surface area (Å²) in [5.74, 6) is 0.377. The summed E-state index contributed by atoms with van der Waals surface area (Å²) in [6.07, 6.45) is 1.23. The first-order valence-electron chi connectivity index (χ1n) is 5.36. The summed E-state index contributed by atoms with van der Waals surface area (Å²) in [4.78, 5) is 0. The smallest absolute Gasteiger partial charge is 0.247 e. The lowest BCUT2D eigenvalue weighted by Crippen LogP contribution is -2.00. The van der Waals surface area contributed by atoms with Crippen LogP contribution in [0.5, 0.6) is 0 Å². The van der Waals surface area contributed by atoms with Crippen LogP contribution in [0.3, 0.4) is 0 Å². The van der Waals surface area contributed by atoms with Crippen molar-refractivity contribution in [2.75, 3.05) is 5.32 Å². The molecule has 1 aromatic heterocycles. The van der Waals surface area contributed by atoms with Crippen molar-refractivity contribution in [1.82, 2.24) is 10.2 Å². The van der Waals surface area contributed by atoms with Crippen LogP contribution in [0.15, 0.2) is 46.3 Å². The zero-order chi connectivity index (χ0) is 14.4. The molecule has 0 aliphatic carbocycles. The van der Waals surface area contributed by atoms with Crippen LogP contribution in [0, 0.1) is 34.0 Å². The van der Waals surface area contributed by atoms with Gasteiger partial charge in [-0.2, -0.15) is 15.8 Å². The molecule has 7 nitrogen and oxygen atoms in total. The monoisotopic (exact) mass is 262 g/mol. The fourth-order valence-corrected chi connectivity index (χ4v) is 1.42. The maximum atomic E-state index is 8.92. The van der Waals surface area contributed by atoms with E-state index in [4.69, 9.17) is 20.2 Å². The minimum atomic E-state index is -0.270. The third kappa shape index (κ3) is 2.61. The Bertz CT molecular complexity index is 737. The molecule has 2 aromatic rings. The Morgan fingerprint density at radius 1 is 1.05 bits per heavy atom. The highest BCUT2D eigenvalue weighted by molar-refractivity contribution is 5.62. The van der Waals surface area contributed by atoms with E-state index in [1.165, 1.54) is 6.39 Å². The average Bonchev–Trinajstić information content (AvgIpc) is 3.02. The molecule has 0 radical (unpaired) electrons. The molecule has 1 aromatic carbocycles. The highest BCUT2D eigenvalue weighted by Crippen LogP contribution is 2.20. The van der Waals surface area contributed by atoms with Crippen LogP contribution in [-0.2, 0) is 0 Å². The Balaban J connectivity index is 2.25. The number of anilines is 1. The molecule has 0 unspecified atom stereocenters. The van der Waals surface area contributed by atoms with Crippen molar-refractivity contribution >= 4 is 5.69 Å². The van der Waals surface area contributed by atoms with Gasteiger partial charge >= 0.3 is 0 Å². The molecule has 0 bridgehead atoms. The van der Waals surface area contributed by atoms with E-state index in [1.807, 2.05) is 0 Å². The van der Waals surface area contributed by atoms with Crippen LogP contribution in [0.2, 0.25) is 0 Å². The number of nitrogens with zero attached hydrogens (tertiary/aromatic N) is 5. The van der Waals surface area contributed by atoms with Gasteiger partial charge in [0.1, 0.15) is 23.9 Å². The molecule has 94 valence electrons. The molecule has 0 atom stereocenters. The molecule has 0 amide bonds. The van der Waals surface area contributed by atoms with Crippen LogP contribution >= 0.6 is 0 Å². The van der Waals surface area contributed by atoms with Crippen molar-refractivity contribution in [3.05, 3.63) is 41.9 Å². The van der Waals surface area contributed by atoms with Gasteiger partial charge in [-0.15, -0.1) is 10.2 Å². The second-order valence-electron chi connectivity index (χ2n) is 3.53. The number of aromatic nitrogens is 2. The molecule has 1 heterocycles. The standard InChI is InChI=1S/C13H6N6O/c14-5-10(6-15)12(7-16)18-11-3-1-9(2-4-11)13-19-17-8-20-13/h1-4,8,18H. The minimum absolute atomic E-state index is 0.0967. The maximum Gasteiger partial charge on any atom is 0.247 e. The van der Waals surface area contributed by atoms with Gasteiger partial charge < -0.3 is 9.73 Å². The molecule has 0 saturated carbocycles. The summed E-state index contributed by atoms with van der Waals surface area (Å²) < 4.78 is 5.04. The summed E-state index contributed by atoms with van der Waals surface area (Å²) in [7, 11) is 0. The first-order valence-corrected chi connectivity index (χ1v) is 5.36. The Kier molecular flexibility index (Phi) is 3.72. The SMILES string of the molecule is N#CC(C#N)=C(C#N)Nc1ccc(-c2nnco2)cc1. The summed E-state index contributed by atoms with van der Waals surface area (Å²) >= 11 is 0. The van der Waals surface area contributed by atoms with Gasteiger partial charge in [0.2, 0.25) is 12.3 Å². The van der Waals surface area contributed by atoms with E-state index in [-0.39, 0.29) is 11.3 Å². The van der Waals surface area contributed by atoms with Gasteiger partial charge in [0.05, 0.1) is 0 Å². The molecule has 0 aliphatic rings.